The summed E-state index contributed by atoms with van der Waals surface area (Å²) < 4.78 is 31.9. The highest BCUT2D eigenvalue weighted by atomic mass is 32.2. The van der Waals surface area contributed by atoms with Crippen molar-refractivity contribution in [3.05, 3.63) is 54.1 Å². The minimum atomic E-state index is -1.07. The second-order valence-corrected chi connectivity index (χ2v) is 8.14. The predicted octanol–water partition coefficient (Wildman–Crippen LogP) is 3.42. The lowest BCUT2D eigenvalue weighted by Crippen LogP contribution is -2.33. The van der Waals surface area contributed by atoms with E-state index in [0.717, 1.165) is 17.8 Å². The number of methoxy groups -OCH3 is 1. The molecule has 0 fully saturated rings. The van der Waals surface area contributed by atoms with E-state index in [2.05, 4.69) is 26.1 Å². The van der Waals surface area contributed by atoms with Gasteiger partial charge in [-0.1, -0.05) is 35.2 Å². The third kappa shape index (κ3) is 6.62. The molecule has 2 amide bonds. The van der Waals surface area contributed by atoms with Crippen LogP contribution in [0.1, 0.15) is 0 Å². The summed E-state index contributed by atoms with van der Waals surface area (Å²) in [4.78, 5) is 23.8. The van der Waals surface area contributed by atoms with Crippen LogP contribution < -0.4 is 20.7 Å². The summed E-state index contributed by atoms with van der Waals surface area (Å²) in [6.45, 7) is -0.310. The third-order valence-corrected chi connectivity index (χ3v) is 5.70. The van der Waals surface area contributed by atoms with E-state index in [4.69, 9.17) is 4.74 Å². The van der Waals surface area contributed by atoms with E-state index in [-0.39, 0.29) is 23.9 Å². The Labute approximate surface area is 184 Å². The molecule has 0 unspecified atom stereocenters. The first kappa shape index (κ1) is 22.4. The van der Waals surface area contributed by atoms with E-state index in [1.54, 1.807) is 7.11 Å². The van der Waals surface area contributed by atoms with Crippen LogP contribution in [-0.2, 0) is 9.59 Å². The largest absolute Gasteiger partial charge is 0.495 e. The van der Waals surface area contributed by atoms with Gasteiger partial charge in [-0.3, -0.25) is 9.59 Å². The molecule has 0 saturated heterocycles. The van der Waals surface area contributed by atoms with E-state index in [0.29, 0.717) is 15.2 Å². The normalized spacial score (nSPS) is 10.4. The Morgan fingerprint density at radius 1 is 1.10 bits per heavy atom. The average Bonchev–Trinajstić information content (AvgIpc) is 3.21. The highest BCUT2D eigenvalue weighted by Crippen LogP contribution is 2.31. The molecule has 0 aliphatic rings. The first-order valence-corrected chi connectivity index (χ1v) is 10.6. The molecular weight excluding hydrogens is 448 g/mol. The Bertz CT molecular complexity index is 1080. The van der Waals surface area contributed by atoms with Gasteiger partial charge < -0.3 is 20.7 Å². The topological polar surface area (TPSA) is 105 Å². The molecule has 3 aromatic rings. The van der Waals surface area contributed by atoms with Crippen LogP contribution in [0.15, 0.2) is 46.8 Å². The van der Waals surface area contributed by atoms with Crippen molar-refractivity contribution in [1.82, 2.24) is 15.5 Å². The monoisotopic (exact) mass is 465 g/mol. The quantitative estimate of drug-likeness (QED) is 0.416. The van der Waals surface area contributed by atoms with Crippen LogP contribution in [0, 0.1) is 11.6 Å². The number of carbonyl (C=O) groups excluding carboxylic acids is 2. The number of benzene rings is 2. The fourth-order valence-electron chi connectivity index (χ4n) is 2.32. The number of rotatable bonds is 9. The molecule has 1 heterocycles. The lowest BCUT2D eigenvalue weighted by atomic mass is 10.3. The van der Waals surface area contributed by atoms with Gasteiger partial charge in [-0.25, -0.2) is 8.78 Å². The highest BCUT2D eigenvalue weighted by Gasteiger charge is 2.12. The molecule has 0 aliphatic heterocycles. The average molecular weight is 466 g/mol. The summed E-state index contributed by atoms with van der Waals surface area (Å²) >= 11 is 2.43. The van der Waals surface area contributed by atoms with Gasteiger partial charge in [0.15, 0.2) is 16.0 Å². The number of aromatic nitrogens is 2. The number of nitrogens with one attached hydrogen (secondary N) is 3. The Kier molecular flexibility index (Phi) is 7.73. The van der Waals surface area contributed by atoms with Crippen LogP contribution in [0.25, 0.3) is 0 Å². The van der Waals surface area contributed by atoms with Crippen molar-refractivity contribution < 1.29 is 23.1 Å². The minimum Gasteiger partial charge on any atom is -0.495 e. The number of nitrogens with zero attached hydrogens (tertiary/aromatic N) is 2. The second kappa shape index (κ2) is 10.7. The number of hydrogen-bond acceptors (Lipinski definition) is 8. The van der Waals surface area contributed by atoms with Crippen molar-refractivity contribution in [2.24, 2.45) is 0 Å². The maximum atomic E-state index is 13.1. The lowest BCUT2D eigenvalue weighted by molar-refractivity contribution is -0.122. The van der Waals surface area contributed by atoms with Crippen LogP contribution >= 0.6 is 23.1 Å². The molecule has 3 rings (SSSR count). The Hall–Kier alpha value is -3.25. The Balaban J connectivity index is 1.42. The molecular formula is C19H17F2N5O3S2. The first-order valence-electron chi connectivity index (χ1n) is 8.82. The molecule has 0 spiro atoms. The first-order chi connectivity index (χ1) is 14.9. The van der Waals surface area contributed by atoms with Crippen molar-refractivity contribution in [2.45, 2.75) is 4.34 Å². The number of ether oxygens (including phenoxy) is 1. The molecule has 0 bridgehead atoms. The maximum Gasteiger partial charge on any atom is 0.243 e. The van der Waals surface area contributed by atoms with Gasteiger partial charge in [-0.2, -0.15) is 0 Å². The molecule has 31 heavy (non-hydrogen) atoms. The van der Waals surface area contributed by atoms with Crippen molar-refractivity contribution in [3.63, 3.8) is 0 Å². The molecule has 12 heteroatoms. The molecule has 162 valence electrons. The molecule has 0 saturated carbocycles. The molecule has 0 aliphatic carbocycles. The summed E-state index contributed by atoms with van der Waals surface area (Å²) in [6, 6.07) is 10.3. The van der Waals surface area contributed by atoms with Gasteiger partial charge in [0.2, 0.25) is 16.9 Å². The summed E-state index contributed by atoms with van der Waals surface area (Å²) in [7, 11) is 1.57. The van der Waals surface area contributed by atoms with Crippen molar-refractivity contribution >= 4 is 51.4 Å². The molecule has 2 aromatic carbocycles. The maximum absolute atomic E-state index is 13.1. The van der Waals surface area contributed by atoms with Crippen molar-refractivity contribution in [1.29, 1.82) is 0 Å². The van der Waals surface area contributed by atoms with Gasteiger partial charge in [0, 0.05) is 11.8 Å². The van der Waals surface area contributed by atoms with E-state index < -0.39 is 17.5 Å². The smallest absolute Gasteiger partial charge is 0.243 e. The van der Waals surface area contributed by atoms with Gasteiger partial charge in [0.1, 0.15) is 5.75 Å². The van der Waals surface area contributed by atoms with E-state index in [9.17, 15) is 18.4 Å². The number of hydrogen-bond donors (Lipinski definition) is 3. The molecule has 1 aromatic heterocycles. The van der Waals surface area contributed by atoms with Crippen LogP contribution in [0.4, 0.5) is 25.3 Å². The van der Waals surface area contributed by atoms with E-state index in [1.165, 1.54) is 29.2 Å². The number of para-hydroxylation sites is 2. The van der Waals surface area contributed by atoms with E-state index >= 15 is 0 Å². The number of halogens is 2. The fourth-order valence-corrected chi connectivity index (χ4v) is 3.91. The lowest BCUT2D eigenvalue weighted by Gasteiger charge is -2.07. The zero-order valence-corrected chi connectivity index (χ0v) is 17.8. The van der Waals surface area contributed by atoms with Gasteiger partial charge in [-0.05, 0) is 24.3 Å². The van der Waals surface area contributed by atoms with Crippen LogP contribution in [0.5, 0.6) is 5.75 Å². The Morgan fingerprint density at radius 2 is 1.90 bits per heavy atom. The molecule has 0 radical (unpaired) electrons. The van der Waals surface area contributed by atoms with Gasteiger partial charge in [0.25, 0.3) is 0 Å². The SMILES string of the molecule is COc1ccccc1Nc1nnc(SCC(=O)NCC(=O)Nc2ccc(F)c(F)c2)s1. The molecule has 3 N–H and O–H groups in total. The number of thioether (sulfide) groups is 1. The molecule has 8 nitrogen and oxygen atoms in total. The highest BCUT2D eigenvalue weighted by molar-refractivity contribution is 8.01. The number of amides is 2. The number of anilines is 3. The fraction of sp³-hybridized carbons (Fsp3) is 0.158. The predicted molar refractivity (Wildman–Crippen MR) is 115 cm³/mol. The zero-order chi connectivity index (χ0) is 22.2. The van der Waals surface area contributed by atoms with Crippen molar-refractivity contribution in [3.8, 4) is 5.75 Å². The van der Waals surface area contributed by atoms with E-state index in [1.807, 2.05) is 24.3 Å². The Morgan fingerprint density at radius 3 is 2.68 bits per heavy atom. The minimum absolute atomic E-state index is 0.0295. The summed E-state index contributed by atoms with van der Waals surface area (Å²) in [5.41, 5.74) is 0.832. The molecule has 0 atom stereocenters. The van der Waals surface area contributed by atoms with Crippen molar-refractivity contribution in [2.75, 3.05) is 30.0 Å². The second-order valence-electron chi connectivity index (χ2n) is 5.94. The van der Waals surface area contributed by atoms with Gasteiger partial charge in [-0.15, -0.1) is 10.2 Å². The summed E-state index contributed by atoms with van der Waals surface area (Å²) in [5, 5.41) is 16.5. The van der Waals surface area contributed by atoms with Gasteiger partial charge >= 0.3 is 0 Å². The van der Waals surface area contributed by atoms with Crippen LogP contribution in [0.3, 0.4) is 0 Å². The zero-order valence-electron chi connectivity index (χ0n) is 16.1. The van der Waals surface area contributed by atoms with Crippen LogP contribution in [0.2, 0.25) is 0 Å². The summed E-state index contributed by atoms with van der Waals surface area (Å²) in [5.74, 6) is -2.35. The summed E-state index contributed by atoms with van der Waals surface area (Å²) in [6.07, 6.45) is 0. The number of carbonyl (C=O) groups is 2. The standard InChI is InChI=1S/C19H17F2N5O3S2/c1-29-15-5-3-2-4-14(15)24-18-25-26-19(31-18)30-10-17(28)22-9-16(27)23-11-6-7-12(20)13(21)8-11/h2-8H,9-10H2,1H3,(H,22,28)(H,23,27)(H,24,25). The third-order valence-electron chi connectivity index (χ3n) is 3.73. The van der Waals surface area contributed by atoms with Crippen LogP contribution in [-0.4, -0.2) is 41.4 Å². The van der Waals surface area contributed by atoms with Gasteiger partial charge in [0.05, 0.1) is 25.1 Å².